The van der Waals surface area contributed by atoms with Crippen molar-refractivity contribution in [2.45, 2.75) is 20.3 Å². The normalized spacial score (nSPS) is 11.6. The third-order valence-electron chi connectivity index (χ3n) is 3.18. The maximum atomic E-state index is 12.2. The quantitative estimate of drug-likeness (QED) is 0.587. The molecule has 0 atom stereocenters. The van der Waals surface area contributed by atoms with Gasteiger partial charge in [0.15, 0.2) is 0 Å². The first kappa shape index (κ1) is 17.5. The van der Waals surface area contributed by atoms with Gasteiger partial charge in [-0.1, -0.05) is 67.4 Å². The van der Waals surface area contributed by atoms with Crippen molar-refractivity contribution < 1.29 is 4.79 Å². The van der Waals surface area contributed by atoms with Crippen molar-refractivity contribution in [2.75, 3.05) is 0 Å². The first-order valence-corrected chi connectivity index (χ1v) is 8.10. The average Bonchev–Trinajstić information content (AvgIpc) is 2.54. The molecule has 0 spiro atoms. The monoisotopic (exact) mass is 348 g/mol. The molecule has 23 heavy (non-hydrogen) atoms. The second-order valence-electron chi connectivity index (χ2n) is 5.59. The SMILES string of the molecule is CC(C)CC(=NNC(=O)c1ccc(Cl)c(Cl)c1)c1ccccc1. The summed E-state index contributed by atoms with van der Waals surface area (Å²) in [7, 11) is 0. The lowest BCUT2D eigenvalue weighted by atomic mass is 10.0. The van der Waals surface area contributed by atoms with Gasteiger partial charge in [0.1, 0.15) is 0 Å². The van der Waals surface area contributed by atoms with Crippen molar-refractivity contribution in [3.63, 3.8) is 0 Å². The molecule has 2 rings (SSSR count). The number of carbonyl (C=O) groups is 1. The van der Waals surface area contributed by atoms with Crippen LogP contribution in [-0.4, -0.2) is 11.6 Å². The average molecular weight is 349 g/mol. The minimum Gasteiger partial charge on any atom is -0.267 e. The number of carbonyl (C=O) groups excluding carboxylic acids is 1. The van der Waals surface area contributed by atoms with Crippen LogP contribution in [0.3, 0.4) is 0 Å². The van der Waals surface area contributed by atoms with Crippen molar-refractivity contribution in [2.24, 2.45) is 11.0 Å². The Hall–Kier alpha value is -1.84. The fourth-order valence-electron chi connectivity index (χ4n) is 2.07. The molecular weight excluding hydrogens is 331 g/mol. The Labute approximate surface area is 146 Å². The molecule has 0 aliphatic heterocycles. The van der Waals surface area contributed by atoms with Gasteiger partial charge in [-0.2, -0.15) is 5.10 Å². The molecule has 0 heterocycles. The zero-order valence-electron chi connectivity index (χ0n) is 13.0. The lowest BCUT2D eigenvalue weighted by Crippen LogP contribution is -2.20. The van der Waals surface area contributed by atoms with E-state index in [2.05, 4.69) is 24.4 Å². The van der Waals surface area contributed by atoms with E-state index in [9.17, 15) is 4.79 Å². The van der Waals surface area contributed by atoms with E-state index in [0.29, 0.717) is 21.5 Å². The standard InChI is InChI=1S/C18H18Cl2N2O/c1-12(2)10-17(13-6-4-3-5-7-13)21-22-18(23)14-8-9-15(19)16(20)11-14/h3-9,11-12H,10H2,1-2H3,(H,22,23). The van der Waals surface area contributed by atoms with E-state index in [4.69, 9.17) is 23.2 Å². The lowest BCUT2D eigenvalue weighted by molar-refractivity contribution is 0.0954. The Bertz CT molecular complexity index is 712. The van der Waals surface area contributed by atoms with Crippen LogP contribution in [0.5, 0.6) is 0 Å². The maximum absolute atomic E-state index is 12.2. The Morgan fingerprint density at radius 3 is 2.35 bits per heavy atom. The molecule has 0 unspecified atom stereocenters. The predicted molar refractivity (Wildman–Crippen MR) is 96.4 cm³/mol. The topological polar surface area (TPSA) is 41.5 Å². The summed E-state index contributed by atoms with van der Waals surface area (Å²) in [6, 6.07) is 14.5. The van der Waals surface area contributed by atoms with Crippen LogP contribution in [0, 0.1) is 5.92 Å². The molecular formula is C18H18Cl2N2O. The van der Waals surface area contributed by atoms with Crippen LogP contribution in [0.1, 0.15) is 36.2 Å². The van der Waals surface area contributed by atoms with Gasteiger partial charge in [-0.25, -0.2) is 5.43 Å². The van der Waals surface area contributed by atoms with E-state index in [1.54, 1.807) is 12.1 Å². The summed E-state index contributed by atoms with van der Waals surface area (Å²) in [5, 5.41) is 5.06. The lowest BCUT2D eigenvalue weighted by Gasteiger charge is -2.10. The van der Waals surface area contributed by atoms with Crippen LogP contribution in [0.2, 0.25) is 10.0 Å². The number of rotatable bonds is 5. The molecule has 2 aromatic carbocycles. The van der Waals surface area contributed by atoms with Crippen molar-refractivity contribution >= 4 is 34.8 Å². The summed E-state index contributed by atoms with van der Waals surface area (Å²) >= 11 is 11.8. The highest BCUT2D eigenvalue weighted by Crippen LogP contribution is 2.22. The first-order valence-electron chi connectivity index (χ1n) is 7.34. The van der Waals surface area contributed by atoms with Gasteiger partial charge in [-0.05, 0) is 36.1 Å². The Kier molecular flexibility index (Phi) is 6.20. The zero-order valence-corrected chi connectivity index (χ0v) is 14.5. The van der Waals surface area contributed by atoms with E-state index in [-0.39, 0.29) is 5.91 Å². The van der Waals surface area contributed by atoms with Crippen LogP contribution in [0.15, 0.2) is 53.6 Å². The van der Waals surface area contributed by atoms with Crippen molar-refractivity contribution in [1.29, 1.82) is 0 Å². The van der Waals surface area contributed by atoms with E-state index in [1.807, 2.05) is 30.3 Å². The highest BCUT2D eigenvalue weighted by atomic mass is 35.5. The number of hydrazone groups is 1. The minimum atomic E-state index is -0.319. The number of halogens is 2. The van der Waals surface area contributed by atoms with Crippen molar-refractivity contribution in [3.05, 3.63) is 69.7 Å². The largest absolute Gasteiger partial charge is 0.271 e. The maximum Gasteiger partial charge on any atom is 0.271 e. The van der Waals surface area contributed by atoms with Gasteiger partial charge in [0, 0.05) is 5.56 Å². The Morgan fingerprint density at radius 2 is 1.74 bits per heavy atom. The summed E-state index contributed by atoms with van der Waals surface area (Å²) in [6.07, 6.45) is 0.770. The van der Waals surface area contributed by atoms with Crippen LogP contribution in [0.4, 0.5) is 0 Å². The Balaban J connectivity index is 2.19. The number of nitrogens with zero attached hydrogens (tertiary/aromatic N) is 1. The fraction of sp³-hybridized carbons (Fsp3) is 0.222. The van der Waals surface area contributed by atoms with Gasteiger partial charge >= 0.3 is 0 Å². The highest BCUT2D eigenvalue weighted by molar-refractivity contribution is 6.42. The molecule has 1 amide bonds. The summed E-state index contributed by atoms with van der Waals surface area (Å²) in [4.78, 5) is 12.2. The fourth-order valence-corrected chi connectivity index (χ4v) is 2.36. The van der Waals surface area contributed by atoms with Gasteiger partial charge in [-0.15, -0.1) is 0 Å². The predicted octanol–water partition coefficient (Wildman–Crippen LogP) is 5.17. The van der Waals surface area contributed by atoms with Crippen LogP contribution >= 0.6 is 23.2 Å². The van der Waals surface area contributed by atoms with Gasteiger partial charge in [0.2, 0.25) is 0 Å². The first-order chi connectivity index (χ1) is 11.0. The van der Waals surface area contributed by atoms with E-state index in [1.165, 1.54) is 6.07 Å². The summed E-state index contributed by atoms with van der Waals surface area (Å²) in [5.41, 5.74) is 4.85. The third-order valence-corrected chi connectivity index (χ3v) is 3.92. The molecule has 1 N–H and O–H groups in total. The molecule has 120 valence electrons. The van der Waals surface area contributed by atoms with Gasteiger partial charge in [0.05, 0.1) is 15.8 Å². The molecule has 0 saturated heterocycles. The van der Waals surface area contributed by atoms with E-state index in [0.717, 1.165) is 17.7 Å². The number of nitrogens with one attached hydrogen (secondary N) is 1. The molecule has 0 aromatic heterocycles. The Morgan fingerprint density at radius 1 is 1.04 bits per heavy atom. The molecule has 3 nitrogen and oxygen atoms in total. The van der Waals surface area contributed by atoms with Crippen molar-refractivity contribution in [1.82, 2.24) is 5.43 Å². The van der Waals surface area contributed by atoms with Gasteiger partial charge in [0.25, 0.3) is 5.91 Å². The number of benzene rings is 2. The zero-order chi connectivity index (χ0) is 16.8. The van der Waals surface area contributed by atoms with Crippen molar-refractivity contribution in [3.8, 4) is 0 Å². The highest BCUT2D eigenvalue weighted by Gasteiger charge is 2.10. The molecule has 2 aromatic rings. The number of hydrogen-bond donors (Lipinski definition) is 1. The molecule has 0 aliphatic rings. The molecule has 0 radical (unpaired) electrons. The number of amides is 1. The van der Waals surface area contributed by atoms with Gasteiger partial charge in [-0.3, -0.25) is 4.79 Å². The smallest absolute Gasteiger partial charge is 0.267 e. The van der Waals surface area contributed by atoms with E-state index >= 15 is 0 Å². The molecule has 5 heteroatoms. The van der Waals surface area contributed by atoms with Crippen LogP contribution in [0.25, 0.3) is 0 Å². The molecule has 0 saturated carbocycles. The molecule has 0 bridgehead atoms. The summed E-state index contributed by atoms with van der Waals surface area (Å²) in [5.74, 6) is 0.108. The van der Waals surface area contributed by atoms with Crippen LogP contribution < -0.4 is 5.43 Å². The van der Waals surface area contributed by atoms with E-state index < -0.39 is 0 Å². The van der Waals surface area contributed by atoms with Gasteiger partial charge < -0.3 is 0 Å². The second-order valence-corrected chi connectivity index (χ2v) is 6.41. The third kappa shape index (κ3) is 5.08. The van der Waals surface area contributed by atoms with Crippen LogP contribution in [-0.2, 0) is 0 Å². The summed E-state index contributed by atoms with van der Waals surface area (Å²) < 4.78 is 0. The molecule has 0 aliphatic carbocycles. The number of hydrogen-bond acceptors (Lipinski definition) is 2. The molecule has 0 fully saturated rings. The second kappa shape index (κ2) is 8.14. The summed E-state index contributed by atoms with van der Waals surface area (Å²) in [6.45, 7) is 4.22. The minimum absolute atomic E-state index is 0.319.